The quantitative estimate of drug-likeness (QED) is 0.729. The highest BCUT2D eigenvalue weighted by molar-refractivity contribution is 7.92. The largest absolute Gasteiger partial charge is 0.496 e. The third-order valence-corrected chi connectivity index (χ3v) is 5.40. The van der Waals surface area contributed by atoms with Gasteiger partial charge in [0.25, 0.3) is 0 Å². The molecule has 3 rings (SSSR count). The van der Waals surface area contributed by atoms with E-state index in [1.807, 2.05) is 26.8 Å². The zero-order chi connectivity index (χ0) is 23.0. The molecule has 166 valence electrons. The van der Waals surface area contributed by atoms with E-state index in [0.29, 0.717) is 28.4 Å². The first-order chi connectivity index (χ1) is 14.4. The summed E-state index contributed by atoms with van der Waals surface area (Å²) in [6.07, 6.45) is 2.70. The average Bonchev–Trinajstić information content (AvgIpc) is 2.65. The fourth-order valence-corrected chi connectivity index (χ4v) is 3.92. The van der Waals surface area contributed by atoms with Gasteiger partial charge in [0, 0.05) is 29.8 Å². The van der Waals surface area contributed by atoms with Crippen molar-refractivity contribution in [3.05, 3.63) is 36.0 Å². The van der Waals surface area contributed by atoms with Crippen LogP contribution in [0.2, 0.25) is 0 Å². The highest BCUT2D eigenvalue weighted by Gasteiger charge is 2.29. The molecule has 0 bridgehead atoms. The lowest BCUT2D eigenvalue weighted by Crippen LogP contribution is -2.49. The maximum Gasteiger partial charge on any atom is 0.328 e. The van der Waals surface area contributed by atoms with E-state index >= 15 is 0 Å². The molecule has 1 aliphatic heterocycles. The Morgan fingerprint density at radius 2 is 1.90 bits per heavy atom. The molecule has 10 heteroatoms. The van der Waals surface area contributed by atoms with E-state index in [0.717, 1.165) is 11.8 Å². The Morgan fingerprint density at radius 1 is 1.19 bits per heavy atom. The van der Waals surface area contributed by atoms with Crippen LogP contribution in [0.5, 0.6) is 5.75 Å². The Labute approximate surface area is 181 Å². The molecule has 9 nitrogen and oxygen atoms in total. The lowest BCUT2D eigenvalue weighted by atomic mass is 9.84. The van der Waals surface area contributed by atoms with Gasteiger partial charge in [0.2, 0.25) is 15.9 Å². The Hall–Kier alpha value is -3.14. The number of carbonyl (C=O) groups is 2. The Bertz CT molecular complexity index is 1120. The smallest absolute Gasteiger partial charge is 0.328 e. The van der Waals surface area contributed by atoms with Crippen molar-refractivity contribution in [1.82, 2.24) is 10.3 Å². The second-order valence-corrected chi connectivity index (χ2v) is 10.1. The van der Waals surface area contributed by atoms with Crippen LogP contribution in [0.1, 0.15) is 32.8 Å². The topological polar surface area (TPSA) is 118 Å². The molecule has 1 fully saturated rings. The number of pyridine rings is 1. The zero-order valence-corrected chi connectivity index (χ0v) is 19.0. The van der Waals surface area contributed by atoms with Crippen LogP contribution >= 0.6 is 0 Å². The molecule has 0 saturated carbocycles. The number of rotatable bonds is 5. The molecule has 0 spiro atoms. The molecule has 0 unspecified atom stereocenters. The number of sulfonamides is 1. The van der Waals surface area contributed by atoms with Crippen molar-refractivity contribution in [3.8, 4) is 17.0 Å². The summed E-state index contributed by atoms with van der Waals surface area (Å²) in [4.78, 5) is 29.9. The molecule has 0 radical (unpaired) electrons. The molecule has 1 aliphatic rings. The van der Waals surface area contributed by atoms with Crippen LogP contribution in [0.4, 0.5) is 16.2 Å². The van der Waals surface area contributed by atoms with Crippen LogP contribution in [0.3, 0.4) is 0 Å². The summed E-state index contributed by atoms with van der Waals surface area (Å²) in [7, 11) is -1.85. The summed E-state index contributed by atoms with van der Waals surface area (Å²) in [5.41, 5.74) is 2.72. The van der Waals surface area contributed by atoms with Crippen molar-refractivity contribution >= 4 is 33.3 Å². The Morgan fingerprint density at radius 3 is 2.42 bits per heavy atom. The van der Waals surface area contributed by atoms with Gasteiger partial charge in [-0.1, -0.05) is 20.8 Å². The maximum absolute atomic E-state index is 12.4. The summed E-state index contributed by atoms with van der Waals surface area (Å²) in [5.74, 6) is 0.308. The fourth-order valence-electron chi connectivity index (χ4n) is 3.37. The minimum Gasteiger partial charge on any atom is -0.496 e. The monoisotopic (exact) mass is 446 g/mol. The molecular weight excluding hydrogens is 420 g/mol. The molecule has 31 heavy (non-hydrogen) atoms. The number of hydrogen-bond acceptors (Lipinski definition) is 6. The van der Waals surface area contributed by atoms with Gasteiger partial charge in [0.15, 0.2) is 0 Å². The van der Waals surface area contributed by atoms with Crippen molar-refractivity contribution in [2.75, 3.05) is 29.5 Å². The first-order valence-corrected chi connectivity index (χ1v) is 11.6. The number of carbonyl (C=O) groups excluding carboxylic acids is 2. The van der Waals surface area contributed by atoms with Gasteiger partial charge in [-0.2, -0.15) is 0 Å². The number of urea groups is 1. The third-order valence-electron chi connectivity index (χ3n) is 4.79. The number of ether oxygens (including phenoxy) is 1. The summed E-state index contributed by atoms with van der Waals surface area (Å²) in [6.45, 7) is 6.37. The molecule has 2 N–H and O–H groups in total. The standard InChI is InChI=1S/C21H26N4O5S/c1-21(2,3)16-11-14(25-9-8-18(26)23-20(25)27)10-15(19(16)30-4)17-7-6-13(12-22-17)24-31(5,28)29/h6-7,10-12,24H,8-9H2,1-5H3,(H,23,26,27). The molecule has 2 heterocycles. The molecule has 1 saturated heterocycles. The number of nitrogens with zero attached hydrogens (tertiary/aromatic N) is 2. The SMILES string of the molecule is COc1c(-c2ccc(NS(C)(=O)=O)cn2)cc(N2CCC(=O)NC2=O)cc1C(C)(C)C. The summed E-state index contributed by atoms with van der Waals surface area (Å²) >= 11 is 0. The van der Waals surface area contributed by atoms with Crippen LogP contribution in [-0.4, -0.2) is 45.3 Å². The van der Waals surface area contributed by atoms with Gasteiger partial charge < -0.3 is 4.74 Å². The van der Waals surface area contributed by atoms with Crippen molar-refractivity contribution in [1.29, 1.82) is 0 Å². The van der Waals surface area contributed by atoms with E-state index < -0.39 is 16.1 Å². The van der Waals surface area contributed by atoms with Gasteiger partial charge in [0.05, 0.1) is 30.9 Å². The van der Waals surface area contributed by atoms with Gasteiger partial charge in [-0.25, -0.2) is 13.2 Å². The molecule has 0 atom stereocenters. The van der Waals surface area contributed by atoms with Crippen LogP contribution in [0.15, 0.2) is 30.5 Å². The van der Waals surface area contributed by atoms with E-state index in [2.05, 4.69) is 15.0 Å². The lowest BCUT2D eigenvalue weighted by molar-refractivity contribution is -0.120. The molecule has 1 aromatic carbocycles. The highest BCUT2D eigenvalue weighted by atomic mass is 32.2. The number of anilines is 2. The van der Waals surface area contributed by atoms with Crippen LogP contribution in [0.25, 0.3) is 11.3 Å². The van der Waals surface area contributed by atoms with E-state index in [9.17, 15) is 18.0 Å². The lowest BCUT2D eigenvalue weighted by Gasteiger charge is -2.30. The first-order valence-electron chi connectivity index (χ1n) is 9.67. The van der Waals surface area contributed by atoms with E-state index in [-0.39, 0.29) is 24.3 Å². The Kier molecular flexibility index (Phi) is 5.95. The third kappa shape index (κ3) is 5.13. The minimum absolute atomic E-state index is 0.210. The summed E-state index contributed by atoms with van der Waals surface area (Å²) in [5, 5.41) is 2.34. The fraction of sp³-hybridized carbons (Fsp3) is 0.381. The molecule has 1 aromatic heterocycles. The minimum atomic E-state index is -3.42. The second kappa shape index (κ2) is 8.18. The number of aromatic nitrogens is 1. The number of methoxy groups -OCH3 is 1. The first kappa shape index (κ1) is 22.5. The van der Waals surface area contributed by atoms with Crippen molar-refractivity contribution < 1.29 is 22.7 Å². The van der Waals surface area contributed by atoms with Crippen LogP contribution in [-0.2, 0) is 20.2 Å². The highest BCUT2D eigenvalue weighted by Crippen LogP contribution is 2.42. The van der Waals surface area contributed by atoms with Gasteiger partial charge in [-0.3, -0.25) is 24.7 Å². The summed E-state index contributed by atoms with van der Waals surface area (Å²) in [6, 6.07) is 6.49. The number of hydrogen-bond donors (Lipinski definition) is 2. The predicted molar refractivity (Wildman–Crippen MR) is 119 cm³/mol. The number of amides is 3. The van der Waals surface area contributed by atoms with E-state index in [1.165, 1.54) is 11.1 Å². The number of imide groups is 1. The van der Waals surface area contributed by atoms with Gasteiger partial charge >= 0.3 is 6.03 Å². The van der Waals surface area contributed by atoms with Crippen LogP contribution in [0, 0.1) is 0 Å². The van der Waals surface area contributed by atoms with Gasteiger partial charge in [-0.05, 0) is 29.7 Å². The van der Waals surface area contributed by atoms with Crippen molar-refractivity contribution in [2.45, 2.75) is 32.6 Å². The normalized spacial score (nSPS) is 14.9. The number of nitrogens with one attached hydrogen (secondary N) is 2. The van der Waals surface area contributed by atoms with Crippen LogP contribution < -0.4 is 19.7 Å². The zero-order valence-electron chi connectivity index (χ0n) is 18.1. The van der Waals surface area contributed by atoms with Gasteiger partial charge in [-0.15, -0.1) is 0 Å². The molecule has 2 aromatic rings. The van der Waals surface area contributed by atoms with Crippen molar-refractivity contribution in [2.24, 2.45) is 0 Å². The maximum atomic E-state index is 12.4. The second-order valence-electron chi connectivity index (χ2n) is 8.39. The van der Waals surface area contributed by atoms with E-state index in [1.54, 1.807) is 25.3 Å². The summed E-state index contributed by atoms with van der Waals surface area (Å²) < 4.78 is 31.0. The Balaban J connectivity index is 2.14. The molecule has 3 amide bonds. The number of benzene rings is 1. The van der Waals surface area contributed by atoms with Crippen molar-refractivity contribution in [3.63, 3.8) is 0 Å². The average molecular weight is 447 g/mol. The molecular formula is C21H26N4O5S. The van der Waals surface area contributed by atoms with Gasteiger partial charge in [0.1, 0.15) is 5.75 Å². The van der Waals surface area contributed by atoms with E-state index in [4.69, 9.17) is 4.74 Å². The molecule has 0 aliphatic carbocycles. The predicted octanol–water partition coefficient (Wildman–Crippen LogP) is 2.87.